The van der Waals surface area contributed by atoms with Gasteiger partial charge >= 0.3 is 11.9 Å². The number of carboxylic acid groups (broad SMARTS) is 2. The Morgan fingerprint density at radius 1 is 0.677 bits per heavy atom. The molecule has 0 spiro atoms. The largest absolute Gasteiger partial charge is 0.505 e. The van der Waals surface area contributed by atoms with Gasteiger partial charge in [-0.2, -0.15) is 30.4 Å². The zero-order valence-corrected chi connectivity index (χ0v) is 35.0. The summed E-state index contributed by atoms with van der Waals surface area (Å²) in [6.45, 7) is 1.12. The molecule has 0 aliphatic heterocycles. The Morgan fingerprint density at radius 3 is 1.88 bits per heavy atom. The molecular formula is C36H27N9O17S3. The number of rotatable bonds is 14. The zero-order chi connectivity index (χ0) is 47.8. The fraction of sp³-hybridized carbons (Fsp3) is 0.0556. The lowest BCUT2D eigenvalue weighted by Gasteiger charge is -2.12. The molecule has 1 amide bonds. The first-order valence-electron chi connectivity index (χ1n) is 17.4. The van der Waals surface area contributed by atoms with E-state index in [9.17, 15) is 73.4 Å². The molecule has 65 heavy (non-hydrogen) atoms. The van der Waals surface area contributed by atoms with Crippen LogP contribution in [0.2, 0.25) is 0 Å². The molecule has 6 rings (SSSR count). The van der Waals surface area contributed by atoms with Gasteiger partial charge in [0.05, 0.1) is 39.5 Å². The highest BCUT2D eigenvalue weighted by molar-refractivity contribution is 7.86. The number of aromatic carboxylic acids is 2. The molecule has 0 bridgehead atoms. The Kier molecular flexibility index (Phi) is 12.6. The van der Waals surface area contributed by atoms with E-state index in [1.54, 1.807) is 0 Å². The van der Waals surface area contributed by atoms with Crippen LogP contribution in [0.1, 0.15) is 27.8 Å². The lowest BCUT2D eigenvalue weighted by atomic mass is 10.1. The van der Waals surface area contributed by atoms with Crippen molar-refractivity contribution in [1.82, 2.24) is 9.78 Å². The van der Waals surface area contributed by atoms with Crippen LogP contribution in [-0.2, 0) is 35.1 Å². The molecule has 0 atom stereocenters. The van der Waals surface area contributed by atoms with Gasteiger partial charge in [-0.1, -0.05) is 0 Å². The minimum absolute atomic E-state index is 0.0484. The van der Waals surface area contributed by atoms with Crippen LogP contribution in [0.15, 0.2) is 129 Å². The monoisotopic (exact) mass is 953 g/mol. The van der Waals surface area contributed by atoms with Gasteiger partial charge in [0.25, 0.3) is 35.9 Å². The second-order valence-corrected chi connectivity index (χ2v) is 17.2. The number of hydrogen-bond acceptors (Lipinski definition) is 18. The fourth-order valence-corrected chi connectivity index (χ4v) is 7.38. The number of methoxy groups -OCH3 is 1. The summed E-state index contributed by atoms with van der Waals surface area (Å²) in [4.78, 5) is 46.9. The Labute approximate surface area is 363 Å². The van der Waals surface area contributed by atoms with Crippen molar-refractivity contribution in [2.24, 2.45) is 30.7 Å². The zero-order valence-electron chi connectivity index (χ0n) is 32.5. The second kappa shape index (κ2) is 17.6. The predicted octanol–water partition coefficient (Wildman–Crippen LogP) is 6.37. The third kappa shape index (κ3) is 10.1. The van der Waals surface area contributed by atoms with Crippen molar-refractivity contribution in [3.8, 4) is 17.2 Å². The Balaban J connectivity index is 1.38. The molecule has 0 fully saturated rings. The molecule has 5 aromatic carbocycles. The summed E-state index contributed by atoms with van der Waals surface area (Å²) in [6.07, 6.45) is 0. The van der Waals surface area contributed by atoms with Gasteiger partial charge in [-0.3, -0.25) is 28.3 Å². The summed E-state index contributed by atoms with van der Waals surface area (Å²) in [5.41, 5.74) is -5.08. The molecule has 0 unspecified atom stereocenters. The van der Waals surface area contributed by atoms with E-state index in [1.807, 2.05) is 0 Å². The maximum atomic E-state index is 13.2. The summed E-state index contributed by atoms with van der Waals surface area (Å²) >= 11 is 0. The van der Waals surface area contributed by atoms with E-state index in [4.69, 9.17) is 4.74 Å². The number of aromatic nitrogens is 2. The van der Waals surface area contributed by atoms with Gasteiger partial charge < -0.3 is 25.4 Å². The minimum atomic E-state index is -5.21. The lowest BCUT2D eigenvalue weighted by molar-refractivity contribution is -0.114. The molecule has 0 radical (unpaired) electrons. The summed E-state index contributed by atoms with van der Waals surface area (Å²) in [7, 11) is -13.4. The number of hydrogen-bond donors (Lipinski definition) is 8. The number of carbonyl (C=O) groups is 3. The van der Waals surface area contributed by atoms with E-state index in [0.29, 0.717) is 10.7 Å². The molecule has 26 nitrogen and oxygen atoms in total. The van der Waals surface area contributed by atoms with Crippen LogP contribution in [0.25, 0.3) is 16.5 Å². The summed E-state index contributed by atoms with van der Waals surface area (Å²) in [6, 6.07) is 13.3. The van der Waals surface area contributed by atoms with Crippen molar-refractivity contribution in [3.63, 3.8) is 0 Å². The molecule has 0 aliphatic carbocycles. The number of anilines is 1. The van der Waals surface area contributed by atoms with Crippen molar-refractivity contribution in [3.05, 3.63) is 100 Å². The normalized spacial score (nSPS) is 12.4. The molecule has 0 saturated heterocycles. The van der Waals surface area contributed by atoms with Gasteiger partial charge in [-0.15, -0.1) is 25.6 Å². The first-order chi connectivity index (χ1) is 30.4. The number of carboxylic acids is 2. The molecule has 0 aliphatic rings. The van der Waals surface area contributed by atoms with Crippen LogP contribution >= 0.6 is 0 Å². The number of H-pyrrole nitrogens is 1. The first kappa shape index (κ1) is 46.4. The maximum absolute atomic E-state index is 13.2. The van der Waals surface area contributed by atoms with Gasteiger partial charge in [0, 0.05) is 18.4 Å². The topological polar surface area (TPSA) is 408 Å². The number of carbonyl (C=O) groups excluding carboxylic acids is 1. The quantitative estimate of drug-likeness (QED) is 0.0434. The molecule has 8 N–H and O–H groups in total. The Hall–Kier alpha value is -8.09. The molecule has 29 heteroatoms. The smallest absolute Gasteiger partial charge is 0.356 e. The van der Waals surface area contributed by atoms with Gasteiger partial charge in [-0.05, 0) is 78.2 Å². The summed E-state index contributed by atoms with van der Waals surface area (Å²) in [5.74, 6) is -4.94. The molecule has 0 saturated carbocycles. The highest BCUT2D eigenvalue weighted by Crippen LogP contribution is 2.45. The highest BCUT2D eigenvalue weighted by atomic mass is 32.2. The van der Waals surface area contributed by atoms with Crippen molar-refractivity contribution in [2.45, 2.75) is 21.6 Å². The summed E-state index contributed by atoms with van der Waals surface area (Å²) in [5, 5.41) is 58.4. The standard InChI is InChI=1S/C36H27N9O17S3/c1-16(46)37-25-14-27(28(62-2)15-26(25)40-39-24-10-8-21(64(56,57)58)13-23(24)35(49)50)41-42-30-29(65(59,60)61)12-17-11-18(3-9-22(17)33(30)47)38-43-31-32(36(51)52)44-45(34(31)48)19-4-6-20(7-5-19)63(53,54)55/h3-15,44,47H,1-2H3,(H,37,46)(H,49,50)(H,51,52)(H,53,54,55)(H,56,57,58)(H,59,60,61). The van der Waals surface area contributed by atoms with Crippen LogP contribution in [-0.4, -0.2) is 89.0 Å². The lowest BCUT2D eigenvalue weighted by Crippen LogP contribution is -2.14. The number of aromatic amines is 1. The van der Waals surface area contributed by atoms with Crippen molar-refractivity contribution in [2.75, 3.05) is 12.4 Å². The number of aromatic hydroxyl groups is 1. The number of azo groups is 3. The van der Waals surface area contributed by atoms with Gasteiger partial charge in [0.2, 0.25) is 5.91 Å². The Bertz CT molecular complexity index is 3490. The number of amides is 1. The number of phenols is 1. The highest BCUT2D eigenvalue weighted by Gasteiger charge is 2.25. The number of nitrogens with one attached hydrogen (secondary N) is 2. The third-order valence-electron chi connectivity index (χ3n) is 8.68. The van der Waals surface area contributed by atoms with E-state index in [0.717, 1.165) is 74.7 Å². The molecule has 1 aromatic heterocycles. The second-order valence-electron chi connectivity index (χ2n) is 13.0. The van der Waals surface area contributed by atoms with E-state index in [2.05, 4.69) is 41.1 Å². The first-order valence-corrected chi connectivity index (χ1v) is 21.7. The number of phenolic OH excluding ortho intramolecular Hbond substituents is 1. The Morgan fingerprint density at radius 2 is 1.29 bits per heavy atom. The van der Waals surface area contributed by atoms with Crippen LogP contribution < -0.4 is 15.6 Å². The van der Waals surface area contributed by atoms with Crippen LogP contribution in [0.3, 0.4) is 0 Å². The fourth-order valence-electron chi connectivity index (χ4n) is 5.74. The van der Waals surface area contributed by atoms with Gasteiger partial charge in [-0.25, -0.2) is 14.3 Å². The number of fused-ring (bicyclic) bond motifs is 1. The molecule has 1 heterocycles. The third-order valence-corrected chi connectivity index (χ3v) is 11.3. The van der Waals surface area contributed by atoms with Crippen LogP contribution in [0.5, 0.6) is 11.5 Å². The SMILES string of the molecule is COc1cc(N=Nc2ccc(S(=O)(=O)O)cc2C(=O)O)c(NC(C)=O)cc1N=Nc1c(S(=O)(=O)O)cc2cc(N=Nc3c(C(=O)O)[nH]n(-c4ccc(S(=O)(=O)O)cc4)c3=O)ccc2c1O. The van der Waals surface area contributed by atoms with E-state index >= 15 is 0 Å². The molecule has 6 aromatic rings. The van der Waals surface area contributed by atoms with E-state index in [-0.39, 0.29) is 50.6 Å². The number of benzene rings is 5. The predicted molar refractivity (Wildman–Crippen MR) is 222 cm³/mol. The van der Waals surface area contributed by atoms with Crippen molar-refractivity contribution >= 4 is 98.8 Å². The minimum Gasteiger partial charge on any atom is -0.505 e. The van der Waals surface area contributed by atoms with Gasteiger partial charge in [0.1, 0.15) is 33.4 Å². The molecular weight excluding hydrogens is 927 g/mol. The van der Waals surface area contributed by atoms with E-state index < -0.39 is 96.8 Å². The number of nitrogens with zero attached hydrogens (tertiary/aromatic N) is 7. The van der Waals surface area contributed by atoms with Crippen molar-refractivity contribution < 1.29 is 73.4 Å². The average Bonchev–Trinajstić information content (AvgIpc) is 3.56. The average molecular weight is 954 g/mol. The maximum Gasteiger partial charge on any atom is 0.356 e. The molecule has 336 valence electrons. The summed E-state index contributed by atoms with van der Waals surface area (Å²) < 4.78 is 106. The van der Waals surface area contributed by atoms with Crippen LogP contribution in [0.4, 0.5) is 39.8 Å². The van der Waals surface area contributed by atoms with E-state index in [1.165, 1.54) is 12.1 Å². The van der Waals surface area contributed by atoms with Gasteiger partial charge in [0.15, 0.2) is 17.1 Å². The van der Waals surface area contributed by atoms with Crippen LogP contribution in [0, 0.1) is 0 Å². The van der Waals surface area contributed by atoms with Crippen molar-refractivity contribution in [1.29, 1.82) is 0 Å². The number of ether oxygens (including phenoxy) is 1.